The maximum atomic E-state index is 11.8. The predicted molar refractivity (Wildman–Crippen MR) is 52.2 cm³/mol. The fourth-order valence-electron chi connectivity index (χ4n) is 4.42. The van der Waals surface area contributed by atoms with Gasteiger partial charge >= 0.3 is 0 Å². The van der Waals surface area contributed by atoms with E-state index in [2.05, 4.69) is 13.8 Å². The Morgan fingerprint density at radius 1 is 1.50 bits per heavy atom. The van der Waals surface area contributed by atoms with Gasteiger partial charge in [0.2, 0.25) is 0 Å². The Morgan fingerprint density at radius 3 is 2.86 bits per heavy atom. The molecular weight excluding hydrogens is 198 g/mol. The molecule has 2 bridgehead atoms. The highest BCUT2D eigenvalue weighted by Crippen LogP contribution is 2.79. The fourth-order valence-corrected chi connectivity index (χ4v) is 6.48. The number of hydrogen-bond acceptors (Lipinski definition) is 2. The van der Waals surface area contributed by atoms with Crippen molar-refractivity contribution in [3.8, 4) is 0 Å². The summed E-state index contributed by atoms with van der Waals surface area (Å²) in [6, 6.07) is 0. The van der Waals surface area contributed by atoms with Crippen LogP contribution in [0.3, 0.4) is 0 Å². The molecule has 2 aliphatic carbocycles. The van der Waals surface area contributed by atoms with Crippen molar-refractivity contribution >= 4 is 11.0 Å². The van der Waals surface area contributed by atoms with Crippen molar-refractivity contribution in [1.82, 2.24) is 4.47 Å². The van der Waals surface area contributed by atoms with E-state index in [1.807, 2.05) is 0 Å². The Balaban J connectivity index is 1.95. The Kier molecular flexibility index (Phi) is 1.09. The molecule has 0 aromatic carbocycles. The van der Waals surface area contributed by atoms with E-state index in [1.54, 1.807) is 4.47 Å². The van der Waals surface area contributed by atoms with Gasteiger partial charge in [-0.2, -0.15) is 0 Å². The molecule has 2 saturated heterocycles. The third kappa shape index (κ3) is 0.525. The van der Waals surface area contributed by atoms with Gasteiger partial charge in [-0.15, -0.1) is 0 Å². The lowest BCUT2D eigenvalue weighted by Gasteiger charge is -2.36. The van der Waals surface area contributed by atoms with Crippen LogP contribution in [0.15, 0.2) is 0 Å². The number of nitrogens with zero attached hydrogens (tertiary/aromatic N) is 1. The predicted octanol–water partition coefficient (Wildman–Crippen LogP) is 1.43. The second kappa shape index (κ2) is 1.85. The van der Waals surface area contributed by atoms with E-state index in [0.717, 1.165) is 18.1 Å². The summed E-state index contributed by atoms with van der Waals surface area (Å²) in [6.45, 7) is 4.70. The summed E-state index contributed by atoms with van der Waals surface area (Å²) in [4.78, 5) is 5.67. The summed E-state index contributed by atoms with van der Waals surface area (Å²) in [7, 11) is -0.860. The smallest absolute Gasteiger partial charge is 0.186 e. The first kappa shape index (κ1) is 8.25. The normalized spacial score (nSPS) is 66.6. The van der Waals surface area contributed by atoms with Gasteiger partial charge in [0.25, 0.3) is 0 Å². The van der Waals surface area contributed by atoms with Crippen LogP contribution < -0.4 is 0 Å². The number of hydroxylamine groups is 1. The van der Waals surface area contributed by atoms with Crippen LogP contribution in [-0.2, 0) is 15.8 Å². The van der Waals surface area contributed by atoms with Crippen molar-refractivity contribution in [2.24, 2.45) is 16.7 Å². The summed E-state index contributed by atoms with van der Waals surface area (Å²) in [5.41, 5.74) is 0.438. The van der Waals surface area contributed by atoms with Crippen LogP contribution >= 0.6 is 0 Å². The Bertz CT molecular complexity index is 369. The van der Waals surface area contributed by atoms with E-state index in [1.165, 1.54) is 12.8 Å². The van der Waals surface area contributed by atoms with E-state index in [-0.39, 0.29) is 11.1 Å². The van der Waals surface area contributed by atoms with Crippen LogP contribution in [0.2, 0.25) is 0 Å². The molecule has 4 rings (SSSR count). The van der Waals surface area contributed by atoms with Gasteiger partial charge in [-0.1, -0.05) is 18.3 Å². The van der Waals surface area contributed by atoms with Crippen LogP contribution in [0.1, 0.15) is 33.1 Å². The maximum Gasteiger partial charge on any atom is 0.186 e. The minimum atomic E-state index is -0.860. The molecule has 14 heavy (non-hydrogen) atoms. The van der Waals surface area contributed by atoms with E-state index in [0.29, 0.717) is 5.41 Å². The minimum Gasteiger partial charge on any atom is -0.257 e. The van der Waals surface area contributed by atoms with Crippen LogP contribution in [0.25, 0.3) is 0 Å². The van der Waals surface area contributed by atoms with Crippen molar-refractivity contribution in [1.29, 1.82) is 0 Å². The molecule has 2 spiro atoms. The van der Waals surface area contributed by atoms with Crippen LogP contribution in [-0.4, -0.2) is 20.2 Å². The first-order chi connectivity index (χ1) is 6.54. The van der Waals surface area contributed by atoms with Crippen LogP contribution in [0.5, 0.6) is 0 Å². The molecule has 2 saturated carbocycles. The third-order valence-electron chi connectivity index (χ3n) is 5.50. The van der Waals surface area contributed by atoms with E-state index >= 15 is 0 Å². The molecule has 0 amide bonds. The Hall–Kier alpha value is 0.0700. The van der Waals surface area contributed by atoms with Gasteiger partial charge in [0.15, 0.2) is 5.72 Å². The number of rotatable bonds is 0. The highest BCUT2D eigenvalue weighted by molar-refractivity contribution is 7.83. The highest BCUT2D eigenvalue weighted by atomic mass is 32.2. The van der Waals surface area contributed by atoms with Gasteiger partial charge in [0.1, 0.15) is 11.0 Å². The molecule has 4 aliphatic rings. The SMILES string of the molecule is CC1(C)[C@@H]2CC[C@]13C[S@](=O)N1O[C@]13C2. The molecule has 2 aliphatic heterocycles. The summed E-state index contributed by atoms with van der Waals surface area (Å²) in [6.07, 6.45) is 3.64. The van der Waals surface area contributed by atoms with E-state index in [9.17, 15) is 4.21 Å². The molecule has 4 fully saturated rings. The van der Waals surface area contributed by atoms with Crippen molar-refractivity contribution in [3.63, 3.8) is 0 Å². The molecule has 5 atom stereocenters. The second-order valence-corrected chi connectivity index (χ2v) is 7.11. The number of hydrogen-bond donors (Lipinski definition) is 0. The molecular formula is C10H15NO2S. The molecule has 0 N–H and O–H groups in total. The zero-order valence-corrected chi connectivity index (χ0v) is 9.39. The van der Waals surface area contributed by atoms with Gasteiger partial charge in [0.05, 0.1) is 5.75 Å². The molecule has 1 unspecified atom stereocenters. The Morgan fingerprint density at radius 2 is 2.29 bits per heavy atom. The lowest BCUT2D eigenvalue weighted by atomic mass is 9.68. The monoisotopic (exact) mass is 213 g/mol. The van der Waals surface area contributed by atoms with Gasteiger partial charge in [0, 0.05) is 5.41 Å². The maximum absolute atomic E-state index is 11.8. The lowest BCUT2D eigenvalue weighted by Crippen LogP contribution is -2.41. The Labute approximate surface area is 86.3 Å². The molecule has 3 nitrogen and oxygen atoms in total. The minimum absolute atomic E-state index is 0.0930. The van der Waals surface area contributed by atoms with Crippen molar-refractivity contribution in [3.05, 3.63) is 0 Å². The molecule has 0 radical (unpaired) electrons. The molecule has 78 valence electrons. The molecule has 4 heteroatoms. The van der Waals surface area contributed by atoms with E-state index in [4.69, 9.17) is 4.84 Å². The van der Waals surface area contributed by atoms with Gasteiger partial charge in [-0.05, 0) is 30.6 Å². The summed E-state index contributed by atoms with van der Waals surface area (Å²) in [5, 5.41) is 0. The van der Waals surface area contributed by atoms with E-state index < -0.39 is 11.0 Å². The zero-order chi connectivity index (χ0) is 9.77. The summed E-state index contributed by atoms with van der Waals surface area (Å²) >= 11 is 0. The topological polar surface area (TPSA) is 32.6 Å². The van der Waals surface area contributed by atoms with Gasteiger partial charge in [-0.25, -0.2) is 4.21 Å². The average molecular weight is 213 g/mol. The first-order valence-electron chi connectivity index (χ1n) is 5.41. The quantitative estimate of drug-likeness (QED) is 0.570. The first-order valence-corrected chi connectivity index (χ1v) is 6.69. The highest BCUT2D eigenvalue weighted by Gasteiger charge is 2.86. The van der Waals surface area contributed by atoms with Gasteiger partial charge in [-0.3, -0.25) is 4.84 Å². The molecule has 0 aromatic rings. The van der Waals surface area contributed by atoms with Crippen molar-refractivity contribution in [2.45, 2.75) is 38.8 Å². The van der Waals surface area contributed by atoms with Crippen LogP contribution in [0, 0.1) is 16.7 Å². The summed E-state index contributed by atoms with van der Waals surface area (Å²) < 4.78 is 13.6. The standard InChI is InChI=1S/C10H15NO2S/c1-8(2)7-3-4-9(8)6-14(12)11-10(9,5-7)13-11/h7H,3-6H2,1-2H3/t7-,9+,10+,11?,14+/m1/s1. The molecule has 0 aromatic heterocycles. The fraction of sp³-hybridized carbons (Fsp3) is 1.00. The van der Waals surface area contributed by atoms with Crippen LogP contribution in [0.4, 0.5) is 0 Å². The van der Waals surface area contributed by atoms with Gasteiger partial charge < -0.3 is 0 Å². The van der Waals surface area contributed by atoms with Crippen molar-refractivity contribution < 1.29 is 9.05 Å². The summed E-state index contributed by atoms with van der Waals surface area (Å²) in [5.74, 6) is 1.63. The average Bonchev–Trinajstić information content (AvgIpc) is 2.66. The second-order valence-electron chi connectivity index (χ2n) is 5.84. The van der Waals surface area contributed by atoms with Crippen molar-refractivity contribution in [2.75, 3.05) is 5.75 Å². The molecule has 2 heterocycles. The third-order valence-corrected chi connectivity index (χ3v) is 6.97. The lowest BCUT2D eigenvalue weighted by molar-refractivity contribution is 0.0737. The zero-order valence-electron chi connectivity index (χ0n) is 8.58. The number of fused-ring (bicyclic) bond motifs is 1. The largest absolute Gasteiger partial charge is 0.257 e.